The number of aliphatic hydroxyl groups is 1. The van der Waals surface area contributed by atoms with Gasteiger partial charge in [-0.1, -0.05) is 50.1 Å². The van der Waals surface area contributed by atoms with E-state index >= 15 is 0 Å². The molecule has 19 heavy (non-hydrogen) atoms. The Morgan fingerprint density at radius 1 is 1.21 bits per heavy atom. The van der Waals surface area contributed by atoms with E-state index in [0.717, 1.165) is 24.8 Å². The van der Waals surface area contributed by atoms with Gasteiger partial charge < -0.3 is 5.11 Å². The molecule has 0 unspecified atom stereocenters. The van der Waals surface area contributed by atoms with Gasteiger partial charge in [0.15, 0.2) is 0 Å². The molecular formula is C14H20N4O. The van der Waals surface area contributed by atoms with Gasteiger partial charge in [-0.3, -0.25) is 0 Å². The van der Waals surface area contributed by atoms with Crippen LogP contribution in [0.15, 0.2) is 30.3 Å². The van der Waals surface area contributed by atoms with E-state index < -0.39 is 0 Å². The van der Waals surface area contributed by atoms with E-state index in [0.29, 0.717) is 12.2 Å². The molecule has 0 aliphatic carbocycles. The van der Waals surface area contributed by atoms with Crippen LogP contribution in [0.25, 0.3) is 11.4 Å². The van der Waals surface area contributed by atoms with Gasteiger partial charge in [-0.25, -0.2) is 0 Å². The number of aliphatic hydroxyl groups excluding tert-OH is 1. The zero-order chi connectivity index (χ0) is 13.5. The summed E-state index contributed by atoms with van der Waals surface area (Å²) in [6.07, 6.45) is 3.88. The number of nitrogens with zero attached hydrogens (tertiary/aromatic N) is 4. The van der Waals surface area contributed by atoms with Crippen LogP contribution < -0.4 is 0 Å². The lowest BCUT2D eigenvalue weighted by atomic mass is 10.1. The summed E-state index contributed by atoms with van der Waals surface area (Å²) in [5, 5.41) is 21.8. The molecule has 1 heterocycles. The number of benzene rings is 1. The van der Waals surface area contributed by atoms with Crippen LogP contribution in [0.3, 0.4) is 0 Å². The molecule has 2 aromatic rings. The van der Waals surface area contributed by atoms with Crippen LogP contribution in [0.1, 0.15) is 38.6 Å². The third-order valence-electron chi connectivity index (χ3n) is 3.14. The summed E-state index contributed by atoms with van der Waals surface area (Å²) in [6.45, 7) is 2.30. The van der Waals surface area contributed by atoms with Crippen molar-refractivity contribution in [2.75, 3.05) is 6.61 Å². The van der Waals surface area contributed by atoms with E-state index in [4.69, 9.17) is 5.11 Å². The molecule has 0 saturated carbocycles. The van der Waals surface area contributed by atoms with Crippen molar-refractivity contribution >= 4 is 0 Å². The average Bonchev–Trinajstić information content (AvgIpc) is 2.94. The molecule has 0 spiro atoms. The van der Waals surface area contributed by atoms with Gasteiger partial charge >= 0.3 is 0 Å². The van der Waals surface area contributed by atoms with Crippen molar-refractivity contribution in [3.05, 3.63) is 30.3 Å². The Kier molecular flexibility index (Phi) is 5.03. The summed E-state index contributed by atoms with van der Waals surface area (Å²) in [7, 11) is 0. The zero-order valence-electron chi connectivity index (χ0n) is 11.2. The fourth-order valence-corrected chi connectivity index (χ4v) is 2.05. The summed E-state index contributed by atoms with van der Waals surface area (Å²) < 4.78 is 0. The predicted molar refractivity (Wildman–Crippen MR) is 73.5 cm³/mol. The van der Waals surface area contributed by atoms with E-state index in [-0.39, 0.29) is 12.6 Å². The molecule has 0 radical (unpaired) electrons. The Morgan fingerprint density at radius 2 is 2.00 bits per heavy atom. The number of aromatic nitrogens is 4. The minimum absolute atomic E-state index is 0.134. The highest BCUT2D eigenvalue weighted by molar-refractivity contribution is 5.52. The van der Waals surface area contributed by atoms with E-state index in [1.807, 2.05) is 30.3 Å². The number of hydrogen-bond acceptors (Lipinski definition) is 4. The molecule has 1 aromatic heterocycles. The summed E-state index contributed by atoms with van der Waals surface area (Å²) in [5.41, 5.74) is 0.965. The minimum Gasteiger partial charge on any atom is -0.396 e. The van der Waals surface area contributed by atoms with Crippen molar-refractivity contribution in [1.29, 1.82) is 0 Å². The Balaban J connectivity index is 2.14. The Hall–Kier alpha value is -1.75. The molecule has 1 aromatic carbocycles. The molecule has 5 heteroatoms. The smallest absolute Gasteiger partial charge is 0.204 e. The van der Waals surface area contributed by atoms with Gasteiger partial charge in [0.25, 0.3) is 0 Å². The van der Waals surface area contributed by atoms with Crippen molar-refractivity contribution in [2.24, 2.45) is 0 Å². The lowest BCUT2D eigenvalue weighted by Crippen LogP contribution is -2.14. The molecule has 0 aliphatic rings. The first-order valence-electron chi connectivity index (χ1n) is 6.81. The second-order valence-electron chi connectivity index (χ2n) is 4.61. The summed E-state index contributed by atoms with van der Waals surface area (Å²) in [4.78, 5) is 1.65. The zero-order valence-corrected chi connectivity index (χ0v) is 11.2. The van der Waals surface area contributed by atoms with E-state index in [1.54, 1.807) is 4.80 Å². The first kappa shape index (κ1) is 13.7. The SMILES string of the molecule is CCCC[C@@H](CCO)n1nnc(-c2ccccc2)n1. The van der Waals surface area contributed by atoms with Gasteiger partial charge in [-0.15, -0.1) is 10.2 Å². The molecular weight excluding hydrogens is 240 g/mol. The van der Waals surface area contributed by atoms with Crippen molar-refractivity contribution in [3.8, 4) is 11.4 Å². The standard InChI is InChI=1S/C14H20N4O/c1-2-3-9-13(10-11-19)18-16-14(15-17-18)12-7-5-4-6-8-12/h4-8,13,19H,2-3,9-11H2,1H3/t13-/m0/s1. The number of unbranched alkanes of at least 4 members (excludes halogenated alkanes) is 1. The average molecular weight is 260 g/mol. The number of hydrogen-bond donors (Lipinski definition) is 1. The molecule has 102 valence electrons. The Bertz CT molecular complexity index is 483. The van der Waals surface area contributed by atoms with Gasteiger partial charge in [0.2, 0.25) is 5.82 Å². The fraction of sp³-hybridized carbons (Fsp3) is 0.500. The maximum atomic E-state index is 9.13. The van der Waals surface area contributed by atoms with Gasteiger partial charge in [0.1, 0.15) is 0 Å². The highest BCUT2D eigenvalue weighted by atomic mass is 16.3. The molecule has 0 fully saturated rings. The van der Waals surface area contributed by atoms with E-state index in [1.165, 1.54) is 0 Å². The normalized spacial score (nSPS) is 12.5. The molecule has 0 bridgehead atoms. The van der Waals surface area contributed by atoms with Crippen LogP contribution in [0.4, 0.5) is 0 Å². The van der Waals surface area contributed by atoms with Crippen LogP contribution in [0.2, 0.25) is 0 Å². The molecule has 2 rings (SSSR count). The van der Waals surface area contributed by atoms with E-state index in [2.05, 4.69) is 22.3 Å². The van der Waals surface area contributed by atoms with Gasteiger partial charge in [0.05, 0.1) is 6.04 Å². The third kappa shape index (κ3) is 3.61. The summed E-state index contributed by atoms with van der Waals surface area (Å²) >= 11 is 0. The first-order chi connectivity index (χ1) is 9.35. The topological polar surface area (TPSA) is 63.8 Å². The Labute approximate surface area is 113 Å². The minimum atomic E-state index is 0.134. The summed E-state index contributed by atoms with van der Waals surface area (Å²) in [5.74, 6) is 0.639. The first-order valence-corrected chi connectivity index (χ1v) is 6.81. The second kappa shape index (κ2) is 6.99. The Morgan fingerprint density at radius 3 is 2.68 bits per heavy atom. The van der Waals surface area contributed by atoms with Crippen LogP contribution in [-0.4, -0.2) is 31.9 Å². The molecule has 0 aliphatic heterocycles. The lowest BCUT2D eigenvalue weighted by Gasteiger charge is -2.13. The van der Waals surface area contributed by atoms with Crippen LogP contribution in [0, 0.1) is 0 Å². The largest absolute Gasteiger partial charge is 0.396 e. The molecule has 1 N–H and O–H groups in total. The molecule has 0 saturated heterocycles. The molecule has 5 nitrogen and oxygen atoms in total. The predicted octanol–water partition coefficient (Wildman–Crippen LogP) is 2.45. The van der Waals surface area contributed by atoms with Crippen LogP contribution in [0.5, 0.6) is 0 Å². The third-order valence-corrected chi connectivity index (χ3v) is 3.14. The maximum Gasteiger partial charge on any atom is 0.204 e. The lowest BCUT2D eigenvalue weighted by molar-refractivity contribution is 0.232. The van der Waals surface area contributed by atoms with Crippen molar-refractivity contribution in [2.45, 2.75) is 38.6 Å². The summed E-state index contributed by atoms with van der Waals surface area (Å²) in [6, 6.07) is 9.94. The highest BCUT2D eigenvalue weighted by Crippen LogP contribution is 2.19. The number of rotatable bonds is 7. The van der Waals surface area contributed by atoms with Crippen LogP contribution in [-0.2, 0) is 0 Å². The van der Waals surface area contributed by atoms with Crippen LogP contribution >= 0.6 is 0 Å². The highest BCUT2D eigenvalue weighted by Gasteiger charge is 2.14. The molecule has 0 amide bonds. The van der Waals surface area contributed by atoms with Gasteiger partial charge in [-0.2, -0.15) is 4.80 Å². The number of tetrazole rings is 1. The van der Waals surface area contributed by atoms with E-state index in [9.17, 15) is 0 Å². The van der Waals surface area contributed by atoms with Crippen molar-refractivity contribution in [1.82, 2.24) is 20.2 Å². The second-order valence-corrected chi connectivity index (χ2v) is 4.61. The quantitative estimate of drug-likeness (QED) is 0.830. The fourth-order valence-electron chi connectivity index (χ4n) is 2.05. The monoisotopic (exact) mass is 260 g/mol. The molecule has 1 atom stereocenters. The van der Waals surface area contributed by atoms with Crippen molar-refractivity contribution in [3.63, 3.8) is 0 Å². The van der Waals surface area contributed by atoms with Crippen molar-refractivity contribution < 1.29 is 5.11 Å². The van der Waals surface area contributed by atoms with Gasteiger partial charge in [0, 0.05) is 12.2 Å². The maximum absolute atomic E-state index is 9.13. The van der Waals surface area contributed by atoms with Gasteiger partial charge in [-0.05, 0) is 18.1 Å².